The molecule has 0 bridgehead atoms. The van der Waals surface area contributed by atoms with Crippen LogP contribution in [-0.2, 0) is 77.8 Å². The summed E-state index contributed by atoms with van der Waals surface area (Å²) < 4.78 is 95.1. The second kappa shape index (κ2) is 52.3. The van der Waals surface area contributed by atoms with Crippen LogP contribution in [0.4, 0.5) is 30.7 Å². The Hall–Kier alpha value is -9.78. The molecule has 136 heavy (non-hydrogen) atoms. The lowest BCUT2D eigenvalue weighted by molar-refractivity contribution is 0.0166. The maximum absolute atomic E-state index is 13.0. The lowest BCUT2D eigenvalue weighted by Crippen LogP contribution is -2.14. The monoisotopic (exact) mass is 1860 g/mol. The third kappa shape index (κ3) is 48.5. The van der Waals surface area contributed by atoms with Gasteiger partial charge in [-0.15, -0.1) is 0 Å². The molecule has 1 aliphatic rings. The van der Waals surface area contributed by atoms with Gasteiger partial charge in [-0.3, -0.25) is 0 Å². The molecule has 2 atom stereocenters. The van der Waals surface area contributed by atoms with E-state index in [4.69, 9.17) is 10.00 Å². The molecule has 0 N–H and O–H groups in total. The first-order valence-electron chi connectivity index (χ1n) is 48.7. The molecule has 12 rings (SSSR count). The minimum atomic E-state index is -2.75. The van der Waals surface area contributed by atoms with Gasteiger partial charge < -0.3 is 4.74 Å². The Morgan fingerprint density at radius 2 is 0.559 bits per heavy atom. The van der Waals surface area contributed by atoms with Gasteiger partial charge in [-0.1, -0.05) is 470 Å². The lowest BCUT2D eigenvalue weighted by atomic mass is 9.86. The van der Waals surface area contributed by atoms with Gasteiger partial charge in [-0.25, -0.2) is 30.7 Å². The highest BCUT2D eigenvalue weighted by atomic mass is 19.3. The van der Waals surface area contributed by atoms with Gasteiger partial charge in [0.1, 0.15) is 17.7 Å². The van der Waals surface area contributed by atoms with Gasteiger partial charge in [-0.2, -0.15) is 5.26 Å². The number of hydrogen-bond donors (Lipinski definition) is 0. The second-order valence-electron chi connectivity index (χ2n) is 47.9. The van der Waals surface area contributed by atoms with E-state index in [9.17, 15) is 30.7 Å². The van der Waals surface area contributed by atoms with E-state index in [0.717, 1.165) is 54.0 Å². The van der Waals surface area contributed by atoms with Crippen molar-refractivity contribution < 1.29 is 35.5 Å². The Labute approximate surface area is 824 Å². The van der Waals surface area contributed by atoms with Gasteiger partial charge in [0.05, 0.1) is 11.6 Å². The van der Waals surface area contributed by atoms with Gasteiger partial charge in [0, 0.05) is 31.9 Å². The van der Waals surface area contributed by atoms with E-state index >= 15 is 0 Å². The molecule has 1 saturated carbocycles. The van der Waals surface area contributed by atoms with Crippen LogP contribution in [0.1, 0.15) is 399 Å². The number of ether oxygens (including phenoxy) is 1. The Bertz CT molecular complexity index is 5050. The zero-order valence-electron chi connectivity index (χ0n) is 91.8. The molecule has 11 aromatic carbocycles. The number of hydrogen-bond acceptors (Lipinski definition) is 2. The summed E-state index contributed by atoms with van der Waals surface area (Å²) in [5.74, 6) is -4.20. The predicted molar refractivity (Wildman–Crippen MR) is 577 cm³/mol. The van der Waals surface area contributed by atoms with Gasteiger partial charge in [0.25, 0.3) is 11.8 Å². The molecule has 11 aromatic rings. The molecule has 1 aliphatic carbocycles. The second-order valence-corrected chi connectivity index (χ2v) is 47.9. The number of rotatable bonds is 7. The summed E-state index contributed by atoms with van der Waals surface area (Å²) in [5, 5.41) is 8.68. The lowest BCUT2D eigenvalue weighted by Gasteiger charge is -2.21. The van der Waals surface area contributed by atoms with Crippen molar-refractivity contribution in [2.75, 3.05) is 0 Å². The fourth-order valence-electron chi connectivity index (χ4n) is 13.3. The van der Waals surface area contributed by atoms with Gasteiger partial charge in [0.15, 0.2) is 0 Å². The average Bonchev–Trinajstić information content (AvgIpc) is 1.58. The van der Waals surface area contributed by atoms with Crippen molar-refractivity contribution in [3.05, 3.63) is 384 Å². The van der Waals surface area contributed by atoms with Crippen LogP contribution in [0.3, 0.4) is 0 Å². The van der Waals surface area contributed by atoms with E-state index in [1.807, 2.05) is 126 Å². The van der Waals surface area contributed by atoms with Crippen LogP contribution in [0.15, 0.2) is 267 Å². The number of benzene rings is 11. The molecule has 9 heteroatoms. The number of aryl methyl sites for hydroxylation is 4. The van der Waals surface area contributed by atoms with Gasteiger partial charge in [0.2, 0.25) is 6.36 Å². The zero-order chi connectivity index (χ0) is 105. The largest absolute Gasteiger partial charge is 0.461 e. The Morgan fingerprint density at radius 3 is 0.853 bits per heavy atom. The summed E-state index contributed by atoms with van der Waals surface area (Å²) in [7, 11) is 0. The van der Waals surface area contributed by atoms with E-state index in [0.29, 0.717) is 11.2 Å². The van der Waals surface area contributed by atoms with Crippen LogP contribution >= 0.6 is 0 Å². The van der Waals surface area contributed by atoms with Crippen LogP contribution in [0.5, 0.6) is 5.75 Å². The van der Waals surface area contributed by atoms with Crippen LogP contribution in [0.2, 0.25) is 0 Å². The molecule has 1 fully saturated rings. The van der Waals surface area contributed by atoms with Crippen LogP contribution in [0.25, 0.3) is 0 Å². The summed E-state index contributed by atoms with van der Waals surface area (Å²) in [6.07, 6.45) is 1.79. The van der Waals surface area contributed by atoms with Crippen molar-refractivity contribution in [3.8, 4) is 11.8 Å². The van der Waals surface area contributed by atoms with E-state index in [-0.39, 0.29) is 71.1 Å². The van der Waals surface area contributed by atoms with Crippen molar-refractivity contribution in [3.63, 3.8) is 0 Å². The molecular formula is C127H176F7NO. The van der Waals surface area contributed by atoms with Crippen molar-refractivity contribution in [2.24, 2.45) is 0 Å². The molecule has 2 nitrogen and oxygen atoms in total. The first-order chi connectivity index (χ1) is 61.9. The fourth-order valence-corrected chi connectivity index (χ4v) is 13.3. The molecule has 0 heterocycles. The Kier molecular flexibility index (Phi) is 47.0. The van der Waals surface area contributed by atoms with Crippen LogP contribution < -0.4 is 4.74 Å². The number of halogens is 7. The van der Waals surface area contributed by atoms with E-state index in [1.54, 1.807) is 42.8 Å². The third-order valence-corrected chi connectivity index (χ3v) is 22.9. The molecule has 0 spiro atoms. The third-order valence-electron chi connectivity index (χ3n) is 22.9. The molecule has 0 radical (unpaired) electrons. The molecule has 0 aromatic heterocycles. The standard InChI is InChI=1S/C13H18.2C12H16F2.C12H17FO.C12H17F.C12H18.C11H13N.3C11H16.C10H13F/c1-13(2,3)12-6-4-5-11(9-12)10-7-8-10;2*1-11(2,3)9-6-5-7-10(8-9)12(4,13)14;1-9(13)14-11-7-5-6-10(8-11)12(2,3)4;1-9(13)10-6-5-7-11(8-10)12(2,3)4;1-5-10-7-6-8-11(9-10)12(2,3)4;1-11(2,3)10-6-4-5-9(7-10)8-12;3*1-9-6-5-7-10(8-9)11(2,3)4;1-10(2,3)8-4-6-9(11)7-5-8/h4-6,9-10H,7-8H2,1-3H3;2*5-8H,1-4H3;5-9H,1-4H3;5-9H,1-4H3;6-9H,5H2,1-4H3;4-7H,1-3H3;3*5-8H,1-4H3;4-7H,1-3H3. The maximum atomic E-state index is 13.0. The minimum Gasteiger partial charge on any atom is -0.461 e. The van der Waals surface area contributed by atoms with Crippen molar-refractivity contribution in [2.45, 2.75) is 393 Å². The van der Waals surface area contributed by atoms with E-state index in [2.05, 4.69) is 348 Å². The quantitative estimate of drug-likeness (QED) is 0.149. The molecule has 0 aliphatic heterocycles. The molecule has 0 amide bonds. The predicted octanol–water partition coefficient (Wildman–Crippen LogP) is 39.1. The van der Waals surface area contributed by atoms with Crippen LogP contribution in [0, 0.1) is 37.9 Å². The van der Waals surface area contributed by atoms with Crippen molar-refractivity contribution in [1.82, 2.24) is 0 Å². The highest BCUT2D eigenvalue weighted by Gasteiger charge is 2.29. The van der Waals surface area contributed by atoms with Gasteiger partial charge in [-0.05, 0) is 239 Å². The summed E-state index contributed by atoms with van der Waals surface area (Å²) in [4.78, 5) is 0. The summed E-state index contributed by atoms with van der Waals surface area (Å²) in [5.41, 5.74) is 24.1. The summed E-state index contributed by atoms with van der Waals surface area (Å²) in [6.45, 7) is 84.7. The smallest absolute Gasteiger partial charge is 0.270 e. The number of alkyl halides is 6. The molecule has 0 saturated heterocycles. The maximum Gasteiger partial charge on any atom is 0.270 e. The Morgan fingerprint density at radius 1 is 0.294 bits per heavy atom. The molecular weight excluding hydrogens is 1690 g/mol. The highest BCUT2D eigenvalue weighted by Crippen LogP contribution is 2.42. The first kappa shape index (κ1) is 122. The number of nitriles is 1. The first-order valence-corrected chi connectivity index (χ1v) is 48.7. The van der Waals surface area contributed by atoms with E-state index < -0.39 is 24.4 Å². The van der Waals surface area contributed by atoms with Crippen LogP contribution in [-0.4, -0.2) is 6.36 Å². The van der Waals surface area contributed by atoms with Crippen molar-refractivity contribution >= 4 is 0 Å². The van der Waals surface area contributed by atoms with Gasteiger partial charge >= 0.3 is 0 Å². The average molecular weight is 1870 g/mol. The fraction of sp³-hybridized carbons (Fsp3) is 0.472. The SMILES string of the molecule is CC(C)(C)c1ccc(F)cc1.CC(C)(C)c1cccc(C#N)c1.CC(C)(C)c1cccc(C(C)(F)F)c1.CC(C)(C)c1cccc(C(C)(F)F)c1.CC(C)(C)c1cccc(C2CC2)c1.CC(F)Oc1cccc(C(C)(C)C)c1.CC(F)c1cccc(C(C)(C)C)c1.CCc1cccc(C(C)(C)C)c1.Cc1cccc(C(C)(C)C)c1.Cc1cccc(C(C)(C)C)c1.Cc1cccc(C(C)(C)C)c1. The Balaban J connectivity index is 0.000000507. The zero-order valence-corrected chi connectivity index (χ0v) is 91.8. The molecule has 744 valence electrons. The minimum absolute atomic E-state index is 0.0684. The molecule has 2 unspecified atom stereocenters. The number of nitrogens with zero attached hydrogens (tertiary/aromatic N) is 1. The topological polar surface area (TPSA) is 33.0 Å². The highest BCUT2D eigenvalue weighted by molar-refractivity contribution is 5.40. The summed E-state index contributed by atoms with van der Waals surface area (Å²) >= 11 is 0. The normalized spacial score (nSPS) is 12.9. The van der Waals surface area contributed by atoms with Crippen molar-refractivity contribution in [1.29, 1.82) is 5.26 Å². The summed E-state index contributed by atoms with van der Waals surface area (Å²) in [6, 6.07) is 89.2. The van der Waals surface area contributed by atoms with E-state index in [1.165, 1.54) is 111 Å².